The van der Waals surface area contributed by atoms with Gasteiger partial charge in [-0.3, -0.25) is 4.79 Å². The van der Waals surface area contributed by atoms with Gasteiger partial charge >= 0.3 is 0 Å². The van der Waals surface area contributed by atoms with E-state index >= 15 is 0 Å². The number of nitrogens with zero attached hydrogens (tertiary/aromatic N) is 1. The van der Waals surface area contributed by atoms with E-state index in [2.05, 4.69) is 18.2 Å². The highest BCUT2D eigenvalue weighted by molar-refractivity contribution is 5.80. The molecule has 0 aromatic heterocycles. The highest BCUT2D eigenvalue weighted by atomic mass is 16.5. The lowest BCUT2D eigenvalue weighted by molar-refractivity contribution is -0.136. The number of ether oxygens (including phenoxy) is 1. The summed E-state index contributed by atoms with van der Waals surface area (Å²) in [6.45, 7) is 1.61. The number of amides is 1. The monoisotopic (exact) mass is 299 g/mol. The van der Waals surface area contributed by atoms with Crippen molar-refractivity contribution in [2.45, 2.75) is 38.5 Å². The predicted octanol–water partition coefficient (Wildman–Crippen LogP) is 3.89. The van der Waals surface area contributed by atoms with Crippen LogP contribution in [0, 0.1) is 5.92 Å². The Morgan fingerprint density at radius 2 is 1.86 bits per heavy atom. The molecule has 1 saturated carbocycles. The van der Waals surface area contributed by atoms with Gasteiger partial charge in [-0.25, -0.2) is 0 Å². The van der Waals surface area contributed by atoms with Gasteiger partial charge in [-0.1, -0.05) is 37.5 Å². The summed E-state index contributed by atoms with van der Waals surface area (Å²) in [7, 11) is 1.68. The average Bonchev–Trinajstić information content (AvgIpc) is 2.62. The third-order valence-corrected chi connectivity index (χ3v) is 4.94. The molecule has 3 rings (SSSR count). The molecule has 0 unspecified atom stereocenters. The van der Waals surface area contributed by atoms with Crippen molar-refractivity contribution in [3.05, 3.63) is 35.9 Å². The van der Waals surface area contributed by atoms with Crippen molar-refractivity contribution in [1.82, 2.24) is 4.90 Å². The van der Waals surface area contributed by atoms with Crippen LogP contribution in [-0.2, 0) is 4.79 Å². The molecule has 2 aliphatic rings. The molecule has 1 aromatic carbocycles. The van der Waals surface area contributed by atoms with Gasteiger partial charge in [0.05, 0.1) is 7.11 Å². The molecule has 0 bridgehead atoms. The Morgan fingerprint density at radius 1 is 1.14 bits per heavy atom. The van der Waals surface area contributed by atoms with E-state index in [1.54, 1.807) is 7.11 Å². The van der Waals surface area contributed by atoms with Crippen molar-refractivity contribution in [3.8, 4) is 5.75 Å². The maximum Gasteiger partial charge on any atom is 0.225 e. The molecule has 1 aromatic rings. The number of methoxy groups -OCH3 is 1. The second-order valence-electron chi connectivity index (χ2n) is 6.33. The van der Waals surface area contributed by atoms with Gasteiger partial charge in [0.25, 0.3) is 0 Å². The normalized spacial score (nSPS) is 19.7. The summed E-state index contributed by atoms with van der Waals surface area (Å²) in [4.78, 5) is 14.6. The fourth-order valence-electron chi connectivity index (χ4n) is 3.54. The number of carbonyl (C=O) groups is 1. The van der Waals surface area contributed by atoms with Crippen LogP contribution in [0.4, 0.5) is 0 Å². The molecule has 0 saturated heterocycles. The minimum absolute atomic E-state index is 0.282. The highest BCUT2D eigenvalue weighted by Gasteiger charge is 2.26. The number of hydrogen-bond acceptors (Lipinski definition) is 2. The Labute approximate surface area is 133 Å². The zero-order chi connectivity index (χ0) is 15.4. The van der Waals surface area contributed by atoms with Crippen LogP contribution in [0.25, 0.3) is 5.57 Å². The Bertz CT molecular complexity index is 541. The fraction of sp³-hybridized carbons (Fsp3) is 0.526. The van der Waals surface area contributed by atoms with Crippen LogP contribution >= 0.6 is 0 Å². The molecule has 0 atom stereocenters. The lowest BCUT2D eigenvalue weighted by Crippen LogP contribution is -2.39. The largest absolute Gasteiger partial charge is 0.497 e. The van der Waals surface area contributed by atoms with E-state index in [-0.39, 0.29) is 5.92 Å². The first-order valence-electron chi connectivity index (χ1n) is 8.40. The molecular formula is C19H25NO2. The standard InChI is InChI=1S/C19H25NO2/c1-22-18-9-7-15(8-10-18)16-11-13-20(14-12-16)19(21)17-5-3-2-4-6-17/h7-11,17H,2-6,12-14H2,1H3. The van der Waals surface area contributed by atoms with E-state index in [0.29, 0.717) is 5.91 Å². The number of benzene rings is 1. The van der Waals surface area contributed by atoms with Gasteiger partial charge < -0.3 is 9.64 Å². The van der Waals surface area contributed by atoms with Crippen LogP contribution in [0.2, 0.25) is 0 Å². The minimum atomic E-state index is 0.282. The van der Waals surface area contributed by atoms with E-state index < -0.39 is 0 Å². The quantitative estimate of drug-likeness (QED) is 0.847. The molecule has 1 amide bonds. The summed E-state index contributed by atoms with van der Waals surface area (Å²) in [6.07, 6.45) is 9.07. The zero-order valence-electron chi connectivity index (χ0n) is 13.4. The Hall–Kier alpha value is -1.77. The van der Waals surface area contributed by atoms with Gasteiger partial charge in [0, 0.05) is 19.0 Å². The van der Waals surface area contributed by atoms with Gasteiger partial charge in [0.2, 0.25) is 5.91 Å². The molecule has 1 fully saturated rings. The molecule has 118 valence electrons. The van der Waals surface area contributed by atoms with Gasteiger partial charge in [-0.15, -0.1) is 0 Å². The molecular weight excluding hydrogens is 274 g/mol. The van der Waals surface area contributed by atoms with Crippen molar-refractivity contribution in [2.75, 3.05) is 20.2 Å². The van der Waals surface area contributed by atoms with E-state index in [4.69, 9.17) is 4.74 Å². The number of carbonyl (C=O) groups excluding carboxylic acids is 1. The summed E-state index contributed by atoms with van der Waals surface area (Å²) in [5.41, 5.74) is 2.58. The van der Waals surface area contributed by atoms with Crippen LogP contribution < -0.4 is 4.74 Å². The van der Waals surface area contributed by atoms with E-state index in [9.17, 15) is 4.79 Å². The molecule has 0 radical (unpaired) electrons. The van der Waals surface area contributed by atoms with Gasteiger partial charge in [-0.05, 0) is 42.5 Å². The Morgan fingerprint density at radius 3 is 2.45 bits per heavy atom. The lowest BCUT2D eigenvalue weighted by Gasteiger charge is -2.31. The second-order valence-corrected chi connectivity index (χ2v) is 6.33. The van der Waals surface area contributed by atoms with Crippen LogP contribution in [0.3, 0.4) is 0 Å². The Balaban J connectivity index is 1.62. The average molecular weight is 299 g/mol. The highest BCUT2D eigenvalue weighted by Crippen LogP contribution is 2.28. The van der Waals surface area contributed by atoms with E-state index in [0.717, 1.165) is 38.1 Å². The topological polar surface area (TPSA) is 29.5 Å². The summed E-state index contributed by atoms with van der Waals surface area (Å²) in [5.74, 6) is 1.55. The van der Waals surface area contributed by atoms with Gasteiger partial charge in [0.15, 0.2) is 0 Å². The molecule has 22 heavy (non-hydrogen) atoms. The molecule has 1 aliphatic heterocycles. The van der Waals surface area contributed by atoms with Crippen molar-refractivity contribution in [2.24, 2.45) is 5.92 Å². The van der Waals surface area contributed by atoms with Crippen molar-refractivity contribution in [1.29, 1.82) is 0 Å². The van der Waals surface area contributed by atoms with Gasteiger partial charge in [0.1, 0.15) is 5.75 Å². The third kappa shape index (κ3) is 3.34. The smallest absolute Gasteiger partial charge is 0.225 e. The maximum atomic E-state index is 12.6. The molecule has 3 nitrogen and oxygen atoms in total. The molecule has 0 spiro atoms. The van der Waals surface area contributed by atoms with Crippen molar-refractivity contribution < 1.29 is 9.53 Å². The molecule has 1 aliphatic carbocycles. The molecule has 1 heterocycles. The number of hydrogen-bond donors (Lipinski definition) is 0. The first-order valence-corrected chi connectivity index (χ1v) is 8.40. The molecule has 0 N–H and O–H groups in total. The van der Waals surface area contributed by atoms with Gasteiger partial charge in [-0.2, -0.15) is 0 Å². The maximum absolute atomic E-state index is 12.6. The Kier molecular flexibility index (Phi) is 4.81. The van der Waals surface area contributed by atoms with Crippen LogP contribution in [0.1, 0.15) is 44.1 Å². The van der Waals surface area contributed by atoms with E-state index in [1.165, 1.54) is 30.4 Å². The van der Waals surface area contributed by atoms with Crippen LogP contribution in [-0.4, -0.2) is 31.0 Å². The fourth-order valence-corrected chi connectivity index (χ4v) is 3.54. The van der Waals surface area contributed by atoms with Crippen LogP contribution in [0.15, 0.2) is 30.3 Å². The first kappa shape index (κ1) is 15.1. The predicted molar refractivity (Wildman–Crippen MR) is 88.7 cm³/mol. The molecule has 3 heteroatoms. The van der Waals surface area contributed by atoms with E-state index in [1.807, 2.05) is 17.0 Å². The van der Waals surface area contributed by atoms with Crippen molar-refractivity contribution in [3.63, 3.8) is 0 Å². The number of rotatable bonds is 3. The van der Waals surface area contributed by atoms with Crippen molar-refractivity contribution >= 4 is 11.5 Å². The lowest BCUT2D eigenvalue weighted by atomic mass is 9.87. The summed E-state index contributed by atoms with van der Waals surface area (Å²) < 4.78 is 5.20. The second kappa shape index (κ2) is 6.99. The van der Waals surface area contributed by atoms with Crippen LogP contribution in [0.5, 0.6) is 5.75 Å². The minimum Gasteiger partial charge on any atom is -0.497 e. The third-order valence-electron chi connectivity index (χ3n) is 4.94. The zero-order valence-corrected chi connectivity index (χ0v) is 13.4. The summed E-state index contributed by atoms with van der Waals surface area (Å²) in [5, 5.41) is 0. The summed E-state index contributed by atoms with van der Waals surface area (Å²) >= 11 is 0. The summed E-state index contributed by atoms with van der Waals surface area (Å²) in [6, 6.07) is 8.19. The first-order chi connectivity index (χ1) is 10.8. The SMILES string of the molecule is COc1ccc(C2=CCN(C(=O)C3CCCCC3)CC2)cc1.